The molecule has 1 aromatic heterocycles. The van der Waals surface area contributed by atoms with E-state index in [1.807, 2.05) is 24.3 Å². The zero-order valence-corrected chi connectivity index (χ0v) is 13.0. The molecule has 0 saturated heterocycles. The van der Waals surface area contributed by atoms with Crippen LogP contribution in [0.15, 0.2) is 40.2 Å². The number of aromatic amines is 1. The third-order valence-electron chi connectivity index (χ3n) is 2.38. The van der Waals surface area contributed by atoms with Crippen LogP contribution >= 0.6 is 0 Å². The first-order valence-electron chi connectivity index (χ1n) is 6.62. The molecule has 1 heterocycles. The Bertz CT molecular complexity index is 736. The van der Waals surface area contributed by atoms with Crippen LogP contribution in [0.1, 0.15) is 18.2 Å². The molecule has 0 unspecified atom stereocenters. The van der Waals surface area contributed by atoms with Gasteiger partial charge in [0.15, 0.2) is 0 Å². The van der Waals surface area contributed by atoms with Gasteiger partial charge in [0.05, 0.1) is 13.3 Å². The summed E-state index contributed by atoms with van der Waals surface area (Å²) in [5.41, 5.74) is 3.90. The van der Waals surface area contributed by atoms with Gasteiger partial charge in [-0.15, -0.1) is 0 Å². The fourth-order valence-electron chi connectivity index (χ4n) is 1.57. The zero-order valence-electron chi connectivity index (χ0n) is 13.0. The van der Waals surface area contributed by atoms with Crippen molar-refractivity contribution in [3.8, 4) is 5.75 Å². The molecule has 1 aromatic carbocycles. The lowest BCUT2D eigenvalue weighted by molar-refractivity contribution is -0.134. The average molecular weight is 318 g/mol. The van der Waals surface area contributed by atoms with Crippen LogP contribution in [0, 0.1) is 6.92 Å². The van der Waals surface area contributed by atoms with Gasteiger partial charge in [-0.1, -0.05) is 12.1 Å². The molecule has 0 aliphatic rings. The van der Waals surface area contributed by atoms with E-state index < -0.39 is 5.97 Å². The van der Waals surface area contributed by atoms with Gasteiger partial charge in [0, 0.05) is 24.2 Å². The molecule has 0 atom stereocenters. The predicted molar refractivity (Wildman–Crippen MR) is 87.1 cm³/mol. The molecule has 3 N–H and O–H groups in total. The summed E-state index contributed by atoms with van der Waals surface area (Å²) < 4.78 is 5.19. The van der Waals surface area contributed by atoms with Gasteiger partial charge < -0.3 is 9.84 Å². The van der Waals surface area contributed by atoms with E-state index in [1.54, 1.807) is 20.2 Å². The predicted octanol–water partition coefficient (Wildman–Crippen LogP) is 1.62. The van der Waals surface area contributed by atoms with Crippen molar-refractivity contribution in [1.29, 1.82) is 0 Å². The molecular weight excluding hydrogens is 300 g/mol. The summed E-state index contributed by atoms with van der Waals surface area (Å²) in [5.74, 6) is 0.190. The highest BCUT2D eigenvalue weighted by Crippen LogP contribution is 2.14. The number of hydrogen-bond donors (Lipinski definition) is 3. The molecule has 0 spiro atoms. The van der Waals surface area contributed by atoms with E-state index in [0.717, 1.165) is 18.2 Å². The number of hydrogen-bond acceptors (Lipinski definition) is 6. The summed E-state index contributed by atoms with van der Waals surface area (Å²) in [6.07, 6.45) is 1.60. The van der Waals surface area contributed by atoms with Crippen LogP contribution in [0.4, 0.5) is 5.95 Å². The maximum atomic E-state index is 11.2. The van der Waals surface area contributed by atoms with E-state index in [1.165, 1.54) is 6.07 Å². The summed E-state index contributed by atoms with van der Waals surface area (Å²) in [6.45, 7) is 2.82. The van der Waals surface area contributed by atoms with Crippen molar-refractivity contribution in [3.05, 3.63) is 51.9 Å². The van der Waals surface area contributed by atoms with E-state index in [-0.39, 0.29) is 5.56 Å². The fraction of sp³-hybridized carbons (Fsp3) is 0.200. The molecule has 0 bridgehead atoms. The Labute approximate surface area is 132 Å². The monoisotopic (exact) mass is 318 g/mol. The summed E-state index contributed by atoms with van der Waals surface area (Å²) in [7, 11) is 1.60. The molecule has 8 nitrogen and oxygen atoms in total. The number of carbonyl (C=O) groups is 1. The number of benzene rings is 1. The maximum Gasteiger partial charge on any atom is 0.300 e. The molecule has 0 amide bonds. The number of carboxylic acid groups (broad SMARTS) is 1. The Morgan fingerprint density at radius 3 is 2.70 bits per heavy atom. The molecule has 0 saturated carbocycles. The van der Waals surface area contributed by atoms with Crippen LogP contribution in [0.3, 0.4) is 0 Å². The molecule has 8 heteroatoms. The van der Waals surface area contributed by atoms with Gasteiger partial charge in [-0.05, 0) is 19.1 Å². The molecule has 0 radical (unpaired) electrons. The molecular formula is C15H18N4O4. The SMILES string of the molecule is CC(=O)O.COc1ccccc1/C=N/Nc1nc(C)cc(=O)[nH]1. The number of anilines is 1. The van der Waals surface area contributed by atoms with Crippen molar-refractivity contribution in [1.82, 2.24) is 9.97 Å². The van der Waals surface area contributed by atoms with Crippen molar-refractivity contribution in [2.24, 2.45) is 5.10 Å². The van der Waals surface area contributed by atoms with Crippen molar-refractivity contribution in [2.45, 2.75) is 13.8 Å². The highest BCUT2D eigenvalue weighted by Gasteiger charge is 1.98. The van der Waals surface area contributed by atoms with Gasteiger partial charge >= 0.3 is 0 Å². The fourth-order valence-corrected chi connectivity index (χ4v) is 1.57. The maximum absolute atomic E-state index is 11.2. The van der Waals surface area contributed by atoms with Crippen molar-refractivity contribution >= 4 is 18.1 Å². The summed E-state index contributed by atoms with van der Waals surface area (Å²) >= 11 is 0. The van der Waals surface area contributed by atoms with Gasteiger partial charge in [-0.3, -0.25) is 14.6 Å². The Balaban J connectivity index is 0.000000593. The number of rotatable bonds is 4. The summed E-state index contributed by atoms with van der Waals surface area (Å²) in [5, 5.41) is 11.4. The summed E-state index contributed by atoms with van der Waals surface area (Å²) in [4.78, 5) is 26.9. The lowest BCUT2D eigenvalue weighted by atomic mass is 10.2. The number of ether oxygens (including phenoxy) is 1. The van der Waals surface area contributed by atoms with Gasteiger partial charge in [-0.25, -0.2) is 10.4 Å². The second kappa shape index (κ2) is 8.98. The number of nitrogens with zero attached hydrogens (tertiary/aromatic N) is 2. The first-order chi connectivity index (χ1) is 10.9. The van der Waals surface area contributed by atoms with E-state index in [4.69, 9.17) is 14.6 Å². The molecule has 0 fully saturated rings. The smallest absolute Gasteiger partial charge is 0.300 e. The molecule has 23 heavy (non-hydrogen) atoms. The number of hydrazone groups is 1. The second-order valence-electron chi connectivity index (χ2n) is 4.37. The number of methoxy groups -OCH3 is 1. The number of aromatic nitrogens is 2. The van der Waals surface area contributed by atoms with E-state index in [0.29, 0.717) is 11.6 Å². The minimum absolute atomic E-state index is 0.220. The number of aryl methyl sites for hydroxylation is 1. The quantitative estimate of drug-likeness (QED) is 0.582. The first kappa shape index (κ1) is 17.9. The summed E-state index contributed by atoms with van der Waals surface area (Å²) in [6, 6.07) is 8.89. The first-order valence-corrected chi connectivity index (χ1v) is 6.62. The average Bonchev–Trinajstić information content (AvgIpc) is 2.46. The second-order valence-corrected chi connectivity index (χ2v) is 4.37. The highest BCUT2D eigenvalue weighted by atomic mass is 16.5. The molecule has 122 valence electrons. The van der Waals surface area contributed by atoms with Gasteiger partial charge in [0.1, 0.15) is 5.75 Å². The third kappa shape index (κ3) is 6.89. The van der Waals surface area contributed by atoms with Crippen LogP contribution in [0.25, 0.3) is 0 Å². The van der Waals surface area contributed by atoms with Crippen molar-refractivity contribution in [2.75, 3.05) is 12.5 Å². The van der Waals surface area contributed by atoms with Crippen molar-refractivity contribution < 1.29 is 14.6 Å². The third-order valence-corrected chi connectivity index (χ3v) is 2.38. The number of H-pyrrole nitrogens is 1. The van der Waals surface area contributed by atoms with Crippen molar-refractivity contribution in [3.63, 3.8) is 0 Å². The largest absolute Gasteiger partial charge is 0.496 e. The lowest BCUT2D eigenvalue weighted by Gasteiger charge is -2.03. The van der Waals surface area contributed by atoms with Gasteiger partial charge in [0.2, 0.25) is 5.95 Å². The van der Waals surface area contributed by atoms with Gasteiger partial charge in [-0.2, -0.15) is 5.10 Å². The van der Waals surface area contributed by atoms with Crippen LogP contribution in [-0.4, -0.2) is 34.4 Å². The number of nitrogens with one attached hydrogen (secondary N) is 2. The Hall–Kier alpha value is -3.16. The molecule has 2 aromatic rings. The number of para-hydroxylation sites is 1. The standard InChI is InChI=1S/C13H14N4O2.C2H4O2/c1-9-7-12(18)16-13(15-9)17-14-8-10-5-3-4-6-11(10)19-2;1-2(3)4/h3-8H,1-2H3,(H2,15,16,17,18);1H3,(H,3,4)/b14-8+;. The van der Waals surface area contributed by atoms with E-state index in [9.17, 15) is 4.79 Å². The highest BCUT2D eigenvalue weighted by molar-refractivity contribution is 5.83. The topological polar surface area (TPSA) is 117 Å². The lowest BCUT2D eigenvalue weighted by Crippen LogP contribution is -2.10. The van der Waals surface area contributed by atoms with Crippen LogP contribution in [0.2, 0.25) is 0 Å². The van der Waals surface area contributed by atoms with Crippen LogP contribution in [-0.2, 0) is 4.79 Å². The minimum Gasteiger partial charge on any atom is -0.496 e. The van der Waals surface area contributed by atoms with E-state index >= 15 is 0 Å². The molecule has 0 aliphatic heterocycles. The van der Waals surface area contributed by atoms with Crippen LogP contribution < -0.4 is 15.7 Å². The zero-order chi connectivity index (χ0) is 17.2. The Kier molecular flexibility index (Phi) is 6.99. The number of aliphatic carboxylic acids is 1. The Morgan fingerprint density at radius 1 is 1.43 bits per heavy atom. The van der Waals surface area contributed by atoms with Gasteiger partial charge in [0.25, 0.3) is 11.5 Å². The Morgan fingerprint density at radius 2 is 2.09 bits per heavy atom. The molecule has 0 aliphatic carbocycles. The number of carboxylic acids is 1. The normalized spacial score (nSPS) is 9.87. The van der Waals surface area contributed by atoms with E-state index in [2.05, 4.69) is 20.5 Å². The minimum atomic E-state index is -0.833. The molecule has 2 rings (SSSR count). The van der Waals surface area contributed by atoms with Crippen LogP contribution in [0.5, 0.6) is 5.75 Å².